The number of hydrogen-bond donors (Lipinski definition) is 0. The molecule has 1 saturated carbocycles. The Hall–Kier alpha value is -1.50. The van der Waals surface area contributed by atoms with E-state index in [4.69, 9.17) is 0 Å². The van der Waals surface area contributed by atoms with Gasteiger partial charge in [0.2, 0.25) is 0 Å². The molecule has 7 heteroatoms. The van der Waals surface area contributed by atoms with Crippen LogP contribution in [0.1, 0.15) is 55.5 Å². The standard InChI is InChI=1S/C17H20F3N3S/c1-2-23-15(13-7-3-4-8-13)21-22-16(23)24-11-12-6-5-9-14(10-12)17(18,19)20/h5-6,9-10,13H,2-4,7-8,11H2,1H3. The molecule has 0 spiro atoms. The van der Waals surface area contributed by atoms with Gasteiger partial charge in [0.25, 0.3) is 0 Å². The average molecular weight is 355 g/mol. The Morgan fingerprint density at radius 1 is 1.21 bits per heavy atom. The molecule has 0 atom stereocenters. The van der Waals surface area contributed by atoms with Gasteiger partial charge in [-0.3, -0.25) is 0 Å². The van der Waals surface area contributed by atoms with Crippen LogP contribution in [0.15, 0.2) is 29.4 Å². The molecule has 24 heavy (non-hydrogen) atoms. The summed E-state index contributed by atoms with van der Waals surface area (Å²) in [6.45, 7) is 2.83. The highest BCUT2D eigenvalue weighted by Gasteiger charge is 2.30. The highest BCUT2D eigenvalue weighted by molar-refractivity contribution is 7.98. The fourth-order valence-corrected chi connectivity index (χ4v) is 4.13. The molecule has 0 N–H and O–H groups in total. The lowest BCUT2D eigenvalue weighted by Gasteiger charge is -2.12. The van der Waals surface area contributed by atoms with Crippen LogP contribution in [0.5, 0.6) is 0 Å². The number of thioether (sulfide) groups is 1. The molecule has 3 rings (SSSR count). The fraction of sp³-hybridized carbons (Fsp3) is 0.529. The first kappa shape index (κ1) is 17.3. The lowest BCUT2D eigenvalue weighted by atomic mass is 10.1. The fourth-order valence-electron chi connectivity index (χ4n) is 3.18. The molecule has 0 unspecified atom stereocenters. The SMILES string of the molecule is CCn1c(SCc2cccc(C(F)(F)F)c2)nnc1C1CCCC1. The molecule has 1 fully saturated rings. The summed E-state index contributed by atoms with van der Waals surface area (Å²) in [4.78, 5) is 0. The predicted octanol–water partition coefficient (Wildman–Crippen LogP) is 5.27. The summed E-state index contributed by atoms with van der Waals surface area (Å²) < 4.78 is 40.5. The Bertz CT molecular complexity index is 691. The van der Waals surface area contributed by atoms with Gasteiger partial charge in [0.1, 0.15) is 5.82 Å². The summed E-state index contributed by atoms with van der Waals surface area (Å²) in [5, 5.41) is 9.41. The van der Waals surface area contributed by atoms with Gasteiger partial charge in [0.05, 0.1) is 5.56 Å². The van der Waals surface area contributed by atoms with Crippen molar-refractivity contribution in [3.05, 3.63) is 41.2 Å². The van der Waals surface area contributed by atoms with Gasteiger partial charge in [0, 0.05) is 18.2 Å². The predicted molar refractivity (Wildman–Crippen MR) is 87.9 cm³/mol. The van der Waals surface area contributed by atoms with E-state index in [1.165, 1.54) is 36.7 Å². The van der Waals surface area contributed by atoms with E-state index in [0.29, 0.717) is 17.2 Å². The third-order valence-electron chi connectivity index (χ3n) is 4.40. The molecular weight excluding hydrogens is 335 g/mol. The van der Waals surface area contributed by atoms with Gasteiger partial charge in [-0.25, -0.2) is 0 Å². The van der Waals surface area contributed by atoms with E-state index < -0.39 is 11.7 Å². The van der Waals surface area contributed by atoms with Crippen LogP contribution in [0.25, 0.3) is 0 Å². The van der Waals surface area contributed by atoms with Crippen LogP contribution < -0.4 is 0 Å². The minimum Gasteiger partial charge on any atom is -0.306 e. The quantitative estimate of drug-likeness (QED) is 0.685. The third kappa shape index (κ3) is 3.77. The Labute approximate surface area is 143 Å². The Kier molecular flexibility index (Phi) is 5.18. The maximum Gasteiger partial charge on any atom is 0.416 e. The van der Waals surface area contributed by atoms with Gasteiger partial charge >= 0.3 is 6.18 Å². The first-order chi connectivity index (χ1) is 11.5. The number of benzene rings is 1. The monoisotopic (exact) mass is 355 g/mol. The zero-order valence-corrected chi connectivity index (χ0v) is 14.3. The van der Waals surface area contributed by atoms with E-state index >= 15 is 0 Å². The van der Waals surface area contributed by atoms with E-state index in [-0.39, 0.29) is 0 Å². The van der Waals surface area contributed by atoms with Crippen LogP contribution in [-0.4, -0.2) is 14.8 Å². The second-order valence-corrected chi connectivity index (χ2v) is 7.00. The largest absolute Gasteiger partial charge is 0.416 e. The molecule has 0 aliphatic heterocycles. The van der Waals surface area contributed by atoms with Crippen LogP contribution in [0.4, 0.5) is 13.2 Å². The van der Waals surface area contributed by atoms with Crippen LogP contribution in [0, 0.1) is 0 Å². The number of hydrogen-bond acceptors (Lipinski definition) is 3. The van der Waals surface area contributed by atoms with Gasteiger partial charge in [-0.1, -0.05) is 42.8 Å². The average Bonchev–Trinajstić information content (AvgIpc) is 3.21. The van der Waals surface area contributed by atoms with Crippen LogP contribution in [-0.2, 0) is 18.5 Å². The molecule has 2 aromatic rings. The number of halogens is 3. The Morgan fingerprint density at radius 2 is 1.96 bits per heavy atom. The highest BCUT2D eigenvalue weighted by Crippen LogP contribution is 2.35. The lowest BCUT2D eigenvalue weighted by molar-refractivity contribution is -0.137. The van der Waals surface area contributed by atoms with Crippen molar-refractivity contribution < 1.29 is 13.2 Å². The smallest absolute Gasteiger partial charge is 0.306 e. The normalized spacial score (nSPS) is 16.0. The van der Waals surface area contributed by atoms with Crippen molar-refractivity contribution in [2.45, 2.75) is 62.2 Å². The first-order valence-corrected chi connectivity index (χ1v) is 9.19. The molecule has 130 valence electrons. The second kappa shape index (κ2) is 7.17. The molecule has 3 nitrogen and oxygen atoms in total. The minimum absolute atomic E-state index is 0.451. The Balaban J connectivity index is 1.73. The summed E-state index contributed by atoms with van der Waals surface area (Å²) in [5.74, 6) is 1.95. The van der Waals surface area contributed by atoms with Gasteiger partial charge in [-0.2, -0.15) is 13.2 Å². The molecule has 0 saturated heterocycles. The first-order valence-electron chi connectivity index (χ1n) is 8.21. The number of alkyl halides is 3. The minimum atomic E-state index is -4.31. The molecule has 0 bridgehead atoms. The van der Waals surface area contributed by atoms with Crippen molar-refractivity contribution in [1.82, 2.24) is 14.8 Å². The van der Waals surface area contributed by atoms with E-state index in [0.717, 1.165) is 36.4 Å². The van der Waals surface area contributed by atoms with Crippen LogP contribution in [0.2, 0.25) is 0 Å². The summed E-state index contributed by atoms with van der Waals surface area (Å²) in [5.41, 5.74) is 0.0343. The zero-order chi connectivity index (χ0) is 17.2. The maximum absolute atomic E-state index is 12.8. The molecule has 1 aliphatic carbocycles. The van der Waals surface area contributed by atoms with Gasteiger partial charge in [0.15, 0.2) is 5.16 Å². The van der Waals surface area contributed by atoms with Crippen LogP contribution in [0.3, 0.4) is 0 Å². The summed E-state index contributed by atoms with van der Waals surface area (Å²) in [6, 6.07) is 5.47. The highest BCUT2D eigenvalue weighted by atomic mass is 32.2. The molecule has 0 radical (unpaired) electrons. The molecular formula is C17H20F3N3S. The van der Waals surface area contributed by atoms with E-state index in [9.17, 15) is 13.2 Å². The maximum atomic E-state index is 12.8. The number of rotatable bonds is 5. The second-order valence-electron chi connectivity index (χ2n) is 6.05. The van der Waals surface area contributed by atoms with Gasteiger partial charge in [-0.15, -0.1) is 10.2 Å². The molecule has 0 amide bonds. The van der Waals surface area contributed by atoms with Crippen molar-refractivity contribution >= 4 is 11.8 Å². The van der Waals surface area contributed by atoms with Crippen molar-refractivity contribution in [3.63, 3.8) is 0 Å². The van der Waals surface area contributed by atoms with Crippen molar-refractivity contribution in [2.75, 3.05) is 0 Å². The van der Waals surface area contributed by atoms with Gasteiger partial charge in [-0.05, 0) is 31.4 Å². The Morgan fingerprint density at radius 3 is 2.62 bits per heavy atom. The van der Waals surface area contributed by atoms with Crippen LogP contribution >= 0.6 is 11.8 Å². The lowest BCUT2D eigenvalue weighted by Crippen LogP contribution is -2.07. The van der Waals surface area contributed by atoms with Crippen molar-refractivity contribution in [1.29, 1.82) is 0 Å². The summed E-state index contributed by atoms with van der Waals surface area (Å²) in [6.07, 6.45) is 0.453. The number of nitrogens with zero attached hydrogens (tertiary/aromatic N) is 3. The molecule has 1 aliphatic rings. The number of aromatic nitrogens is 3. The third-order valence-corrected chi connectivity index (χ3v) is 5.44. The van der Waals surface area contributed by atoms with Crippen molar-refractivity contribution in [2.24, 2.45) is 0 Å². The topological polar surface area (TPSA) is 30.7 Å². The molecule has 1 heterocycles. The van der Waals surface area contributed by atoms with Gasteiger partial charge < -0.3 is 4.57 Å². The van der Waals surface area contributed by atoms with E-state index in [2.05, 4.69) is 21.7 Å². The summed E-state index contributed by atoms with van der Waals surface area (Å²) >= 11 is 1.45. The molecule has 1 aromatic carbocycles. The van der Waals surface area contributed by atoms with Crippen molar-refractivity contribution in [3.8, 4) is 0 Å². The van der Waals surface area contributed by atoms with E-state index in [1.807, 2.05) is 0 Å². The molecule has 1 aromatic heterocycles. The van der Waals surface area contributed by atoms with E-state index in [1.54, 1.807) is 6.07 Å². The summed E-state index contributed by atoms with van der Waals surface area (Å²) in [7, 11) is 0. The zero-order valence-electron chi connectivity index (χ0n) is 13.5.